The standard InChI is InChI=1S/C8H19N3O2/c1-4-9(5-2)7-8-10(6-3)11(12)13/h4-8H2,1-3H3. The zero-order chi connectivity index (χ0) is 10.3. The normalized spacial score (nSPS) is 10.5. The Morgan fingerprint density at radius 3 is 1.92 bits per heavy atom. The molecule has 0 fully saturated rings. The molecule has 78 valence electrons. The van der Waals surface area contributed by atoms with Gasteiger partial charge in [-0.3, -0.25) is 0 Å². The van der Waals surface area contributed by atoms with Crippen LogP contribution in [0.5, 0.6) is 0 Å². The molecular weight excluding hydrogens is 170 g/mol. The van der Waals surface area contributed by atoms with E-state index in [2.05, 4.69) is 18.7 Å². The average molecular weight is 189 g/mol. The number of rotatable bonds is 7. The van der Waals surface area contributed by atoms with Crippen LogP contribution in [0.2, 0.25) is 0 Å². The lowest BCUT2D eigenvalue weighted by atomic mass is 10.4. The summed E-state index contributed by atoms with van der Waals surface area (Å²) in [5.74, 6) is 0. The molecule has 0 N–H and O–H groups in total. The number of likely N-dealkylation sites (N-methyl/N-ethyl adjacent to an activating group) is 2. The molecule has 0 aromatic rings. The van der Waals surface area contributed by atoms with Gasteiger partial charge in [0.1, 0.15) is 0 Å². The molecule has 0 aliphatic rings. The number of hydrogen-bond donors (Lipinski definition) is 0. The largest absolute Gasteiger partial charge is 0.302 e. The van der Waals surface area contributed by atoms with Crippen molar-refractivity contribution < 1.29 is 5.03 Å². The van der Waals surface area contributed by atoms with Crippen LogP contribution in [0.1, 0.15) is 20.8 Å². The fraction of sp³-hybridized carbons (Fsp3) is 1.00. The van der Waals surface area contributed by atoms with E-state index >= 15 is 0 Å². The molecule has 0 radical (unpaired) electrons. The summed E-state index contributed by atoms with van der Waals surface area (Å²) in [7, 11) is 0. The molecule has 0 aromatic carbocycles. The highest BCUT2D eigenvalue weighted by Gasteiger charge is 2.11. The first-order valence-electron chi connectivity index (χ1n) is 4.77. The van der Waals surface area contributed by atoms with E-state index < -0.39 is 0 Å². The first-order chi connectivity index (χ1) is 6.15. The maximum absolute atomic E-state index is 10.4. The van der Waals surface area contributed by atoms with Crippen molar-refractivity contribution >= 4 is 0 Å². The van der Waals surface area contributed by atoms with E-state index in [9.17, 15) is 10.1 Å². The molecule has 0 rings (SSSR count). The molecule has 0 saturated heterocycles. The second kappa shape index (κ2) is 6.65. The summed E-state index contributed by atoms with van der Waals surface area (Å²) in [6.07, 6.45) is 0. The first-order valence-corrected chi connectivity index (χ1v) is 4.77. The minimum Gasteiger partial charge on any atom is -0.302 e. The maximum Gasteiger partial charge on any atom is 0.160 e. The molecule has 0 atom stereocenters. The number of hydrazine groups is 1. The van der Waals surface area contributed by atoms with Crippen LogP contribution in [-0.4, -0.2) is 47.7 Å². The van der Waals surface area contributed by atoms with E-state index in [1.807, 2.05) is 0 Å². The Labute approximate surface area is 79.4 Å². The molecule has 5 nitrogen and oxygen atoms in total. The monoisotopic (exact) mass is 189 g/mol. The quantitative estimate of drug-likeness (QED) is 0.440. The number of hydrogen-bond acceptors (Lipinski definition) is 3. The second-order valence-corrected chi connectivity index (χ2v) is 2.81. The van der Waals surface area contributed by atoms with E-state index in [4.69, 9.17) is 0 Å². The Morgan fingerprint density at radius 1 is 1.08 bits per heavy atom. The third kappa shape index (κ3) is 4.67. The van der Waals surface area contributed by atoms with E-state index in [1.54, 1.807) is 6.92 Å². The van der Waals surface area contributed by atoms with Crippen LogP contribution in [-0.2, 0) is 0 Å². The van der Waals surface area contributed by atoms with Gasteiger partial charge < -0.3 is 4.90 Å². The zero-order valence-electron chi connectivity index (χ0n) is 8.69. The van der Waals surface area contributed by atoms with Gasteiger partial charge in [-0.2, -0.15) is 0 Å². The molecule has 5 heteroatoms. The van der Waals surface area contributed by atoms with Crippen molar-refractivity contribution in [2.24, 2.45) is 0 Å². The molecule has 0 amide bonds. The van der Waals surface area contributed by atoms with Crippen LogP contribution in [0.3, 0.4) is 0 Å². The lowest BCUT2D eigenvalue weighted by molar-refractivity contribution is -0.654. The molecule has 0 heterocycles. The van der Waals surface area contributed by atoms with Gasteiger partial charge in [0.25, 0.3) is 0 Å². The minimum absolute atomic E-state index is 0.330. The van der Waals surface area contributed by atoms with Gasteiger partial charge in [0.05, 0.1) is 13.1 Å². The molecule has 13 heavy (non-hydrogen) atoms. The maximum atomic E-state index is 10.4. The number of nitro groups is 1. The smallest absolute Gasteiger partial charge is 0.160 e. The van der Waals surface area contributed by atoms with Gasteiger partial charge in [0, 0.05) is 6.54 Å². The summed E-state index contributed by atoms with van der Waals surface area (Å²) in [5, 5.41) is 11.3. The molecule has 0 aromatic heterocycles. The van der Waals surface area contributed by atoms with E-state index in [0.717, 1.165) is 19.6 Å². The third-order valence-electron chi connectivity index (χ3n) is 2.16. The van der Waals surface area contributed by atoms with Gasteiger partial charge >= 0.3 is 0 Å². The fourth-order valence-electron chi connectivity index (χ4n) is 1.15. The fourth-order valence-corrected chi connectivity index (χ4v) is 1.15. The zero-order valence-corrected chi connectivity index (χ0v) is 8.69. The minimum atomic E-state index is -0.330. The SMILES string of the molecule is CCN(CC)CCN(CC)[N+](=O)[O-]. The van der Waals surface area contributed by atoms with Crippen molar-refractivity contribution in [2.45, 2.75) is 20.8 Å². The lowest BCUT2D eigenvalue weighted by Gasteiger charge is -2.20. The predicted octanol–water partition coefficient (Wildman–Crippen LogP) is 0.842. The van der Waals surface area contributed by atoms with Crippen LogP contribution < -0.4 is 0 Å². The summed E-state index contributed by atoms with van der Waals surface area (Å²) < 4.78 is 0. The predicted molar refractivity (Wildman–Crippen MR) is 52.0 cm³/mol. The van der Waals surface area contributed by atoms with Gasteiger partial charge in [0.2, 0.25) is 0 Å². The van der Waals surface area contributed by atoms with E-state index in [-0.39, 0.29) is 5.03 Å². The Hall–Kier alpha value is -0.840. The van der Waals surface area contributed by atoms with Crippen LogP contribution >= 0.6 is 0 Å². The van der Waals surface area contributed by atoms with E-state index in [0.29, 0.717) is 13.1 Å². The van der Waals surface area contributed by atoms with E-state index in [1.165, 1.54) is 5.01 Å². The summed E-state index contributed by atoms with van der Waals surface area (Å²) in [6, 6.07) is 0. The summed E-state index contributed by atoms with van der Waals surface area (Å²) >= 11 is 0. The highest BCUT2D eigenvalue weighted by molar-refractivity contribution is 4.53. The Morgan fingerprint density at radius 2 is 1.62 bits per heavy atom. The Kier molecular flexibility index (Phi) is 6.22. The summed E-state index contributed by atoms with van der Waals surface area (Å²) in [6.45, 7) is 9.56. The van der Waals surface area contributed by atoms with Gasteiger partial charge in [-0.15, -0.1) is 5.01 Å². The molecule has 0 spiro atoms. The first kappa shape index (κ1) is 12.2. The van der Waals surface area contributed by atoms with Gasteiger partial charge in [-0.05, 0) is 20.0 Å². The van der Waals surface area contributed by atoms with Crippen LogP contribution in [0.4, 0.5) is 0 Å². The van der Waals surface area contributed by atoms with Crippen molar-refractivity contribution in [3.05, 3.63) is 10.1 Å². The topological polar surface area (TPSA) is 49.6 Å². The Bertz CT molecular complexity index is 148. The lowest BCUT2D eigenvalue weighted by Crippen LogP contribution is -2.38. The van der Waals surface area contributed by atoms with Gasteiger partial charge in [0.15, 0.2) is 5.03 Å². The number of nitrogens with zero attached hydrogens (tertiary/aromatic N) is 3. The molecule has 0 saturated carbocycles. The molecule has 0 unspecified atom stereocenters. The third-order valence-corrected chi connectivity index (χ3v) is 2.16. The second-order valence-electron chi connectivity index (χ2n) is 2.81. The van der Waals surface area contributed by atoms with Gasteiger partial charge in [-0.25, -0.2) is 10.1 Å². The molecular formula is C8H19N3O2. The Balaban J connectivity index is 3.76. The highest BCUT2D eigenvalue weighted by Crippen LogP contribution is 1.91. The van der Waals surface area contributed by atoms with Crippen molar-refractivity contribution in [3.63, 3.8) is 0 Å². The highest BCUT2D eigenvalue weighted by atomic mass is 16.7. The summed E-state index contributed by atoms with van der Waals surface area (Å²) in [4.78, 5) is 12.6. The molecule has 0 aliphatic heterocycles. The van der Waals surface area contributed by atoms with Crippen LogP contribution in [0, 0.1) is 10.1 Å². The molecule has 0 bridgehead atoms. The summed E-state index contributed by atoms with van der Waals surface area (Å²) in [5.41, 5.74) is 0. The van der Waals surface area contributed by atoms with Crippen molar-refractivity contribution in [3.8, 4) is 0 Å². The van der Waals surface area contributed by atoms with Crippen molar-refractivity contribution in [2.75, 3.05) is 32.7 Å². The average Bonchev–Trinajstić information content (AvgIpc) is 2.12. The van der Waals surface area contributed by atoms with Crippen LogP contribution in [0.15, 0.2) is 0 Å². The van der Waals surface area contributed by atoms with Crippen molar-refractivity contribution in [1.82, 2.24) is 9.91 Å². The van der Waals surface area contributed by atoms with Crippen LogP contribution in [0.25, 0.3) is 0 Å². The van der Waals surface area contributed by atoms with Crippen molar-refractivity contribution in [1.29, 1.82) is 0 Å². The van der Waals surface area contributed by atoms with Gasteiger partial charge in [-0.1, -0.05) is 13.8 Å². The molecule has 0 aliphatic carbocycles.